The summed E-state index contributed by atoms with van der Waals surface area (Å²) in [6.45, 7) is 0.799. The summed E-state index contributed by atoms with van der Waals surface area (Å²) in [4.78, 5) is 11.1. The van der Waals surface area contributed by atoms with E-state index in [1.54, 1.807) is 0 Å². The lowest BCUT2D eigenvalue weighted by atomic mass is 9.79. The van der Waals surface area contributed by atoms with Gasteiger partial charge in [-0.2, -0.15) is 0 Å². The minimum Gasteiger partial charge on any atom is -0.373 e. The van der Waals surface area contributed by atoms with E-state index in [-0.39, 0.29) is 11.5 Å². The second kappa shape index (κ2) is 3.87. The highest BCUT2D eigenvalue weighted by Gasteiger charge is 2.38. The first-order valence-corrected chi connectivity index (χ1v) is 7.16. The molecule has 2 rings (SSSR count). The highest BCUT2D eigenvalue weighted by Crippen LogP contribution is 2.36. The average molecular weight is 232 g/mol. The summed E-state index contributed by atoms with van der Waals surface area (Å²) >= 11 is 0. The first-order valence-electron chi connectivity index (χ1n) is 5.34. The Morgan fingerprint density at radius 1 is 1.33 bits per heavy atom. The van der Waals surface area contributed by atoms with Gasteiger partial charge in [-0.05, 0) is 25.7 Å². The van der Waals surface area contributed by atoms with Gasteiger partial charge in [0, 0.05) is 5.41 Å². The van der Waals surface area contributed by atoms with Crippen LogP contribution in [-0.2, 0) is 19.4 Å². The van der Waals surface area contributed by atoms with E-state index in [4.69, 9.17) is 4.74 Å². The van der Waals surface area contributed by atoms with Crippen molar-refractivity contribution in [1.82, 2.24) is 0 Å². The molecule has 1 atom stereocenters. The minimum absolute atomic E-state index is 0.164. The molecule has 0 N–H and O–H groups in total. The molecule has 0 aromatic heterocycles. The van der Waals surface area contributed by atoms with Gasteiger partial charge in [-0.1, -0.05) is 0 Å². The number of carbonyl (C=O) groups excluding carboxylic acids is 1. The quantitative estimate of drug-likeness (QED) is 0.525. The summed E-state index contributed by atoms with van der Waals surface area (Å²) in [5.41, 5.74) is -0.392. The molecule has 0 saturated carbocycles. The second-order valence-electron chi connectivity index (χ2n) is 4.63. The van der Waals surface area contributed by atoms with Crippen molar-refractivity contribution in [3.05, 3.63) is 0 Å². The minimum atomic E-state index is -2.88. The van der Waals surface area contributed by atoms with Crippen molar-refractivity contribution in [3.63, 3.8) is 0 Å². The van der Waals surface area contributed by atoms with Crippen LogP contribution in [0.3, 0.4) is 0 Å². The molecule has 2 aliphatic heterocycles. The molecular weight excluding hydrogens is 216 g/mol. The Morgan fingerprint density at radius 3 is 2.40 bits per heavy atom. The van der Waals surface area contributed by atoms with E-state index >= 15 is 0 Å². The van der Waals surface area contributed by atoms with E-state index in [0.717, 1.165) is 25.7 Å². The van der Waals surface area contributed by atoms with Crippen molar-refractivity contribution in [2.45, 2.75) is 31.8 Å². The number of hydrogen-bond acceptors (Lipinski definition) is 4. The SMILES string of the molecule is O=CC1(CCC2CO2)CCS(=O)(=O)CC1. The van der Waals surface area contributed by atoms with Gasteiger partial charge in [0.15, 0.2) is 0 Å². The van der Waals surface area contributed by atoms with Gasteiger partial charge in [0.25, 0.3) is 0 Å². The molecule has 86 valence electrons. The maximum atomic E-state index is 11.3. The number of hydrogen-bond donors (Lipinski definition) is 0. The van der Waals surface area contributed by atoms with Crippen LogP contribution in [0.15, 0.2) is 0 Å². The first-order chi connectivity index (χ1) is 7.05. The van der Waals surface area contributed by atoms with Gasteiger partial charge in [-0.3, -0.25) is 0 Å². The average Bonchev–Trinajstić information content (AvgIpc) is 3.01. The highest BCUT2D eigenvalue weighted by molar-refractivity contribution is 7.91. The van der Waals surface area contributed by atoms with E-state index in [1.165, 1.54) is 0 Å². The number of aldehydes is 1. The molecule has 0 bridgehead atoms. The van der Waals surface area contributed by atoms with Crippen LogP contribution in [0.2, 0.25) is 0 Å². The zero-order valence-electron chi connectivity index (χ0n) is 8.65. The summed E-state index contributed by atoms with van der Waals surface area (Å²) < 4.78 is 27.6. The monoisotopic (exact) mass is 232 g/mol. The van der Waals surface area contributed by atoms with Crippen molar-refractivity contribution < 1.29 is 17.9 Å². The van der Waals surface area contributed by atoms with Gasteiger partial charge in [0.05, 0.1) is 24.2 Å². The summed E-state index contributed by atoms with van der Waals surface area (Å²) in [5, 5.41) is 0. The van der Waals surface area contributed by atoms with Crippen LogP contribution < -0.4 is 0 Å². The zero-order valence-corrected chi connectivity index (χ0v) is 9.46. The number of epoxide rings is 1. The summed E-state index contributed by atoms with van der Waals surface area (Å²) in [6, 6.07) is 0. The van der Waals surface area contributed by atoms with Gasteiger partial charge in [-0.25, -0.2) is 8.42 Å². The van der Waals surface area contributed by atoms with E-state index in [2.05, 4.69) is 0 Å². The topological polar surface area (TPSA) is 63.7 Å². The van der Waals surface area contributed by atoms with Crippen LogP contribution in [0, 0.1) is 5.41 Å². The van der Waals surface area contributed by atoms with Crippen molar-refractivity contribution in [1.29, 1.82) is 0 Å². The van der Waals surface area contributed by atoms with Gasteiger partial charge < -0.3 is 9.53 Å². The smallest absolute Gasteiger partial charge is 0.150 e. The van der Waals surface area contributed by atoms with E-state index < -0.39 is 15.3 Å². The standard InChI is InChI=1S/C10H16O4S/c11-8-10(2-1-9-7-14-9)3-5-15(12,13)6-4-10/h8-9H,1-7H2. The lowest BCUT2D eigenvalue weighted by Gasteiger charge is -2.31. The largest absolute Gasteiger partial charge is 0.373 e. The Labute approximate surface area is 89.9 Å². The zero-order chi connectivity index (χ0) is 10.9. The van der Waals surface area contributed by atoms with Gasteiger partial charge >= 0.3 is 0 Å². The molecule has 5 heteroatoms. The lowest BCUT2D eigenvalue weighted by molar-refractivity contribution is -0.117. The Balaban J connectivity index is 1.93. The molecule has 2 aliphatic rings. The maximum Gasteiger partial charge on any atom is 0.150 e. The van der Waals surface area contributed by atoms with Gasteiger partial charge in [0.2, 0.25) is 0 Å². The Morgan fingerprint density at radius 2 is 1.93 bits per heavy atom. The molecule has 4 nitrogen and oxygen atoms in total. The van der Waals surface area contributed by atoms with Crippen LogP contribution in [0.1, 0.15) is 25.7 Å². The number of rotatable bonds is 4. The molecule has 1 unspecified atom stereocenters. The van der Waals surface area contributed by atoms with Gasteiger partial charge in [-0.15, -0.1) is 0 Å². The van der Waals surface area contributed by atoms with E-state index in [1.807, 2.05) is 0 Å². The maximum absolute atomic E-state index is 11.3. The van der Waals surface area contributed by atoms with E-state index in [9.17, 15) is 13.2 Å². The molecular formula is C10H16O4S. The number of carbonyl (C=O) groups is 1. The second-order valence-corrected chi connectivity index (χ2v) is 6.93. The molecule has 15 heavy (non-hydrogen) atoms. The van der Waals surface area contributed by atoms with Crippen molar-refractivity contribution in [2.24, 2.45) is 5.41 Å². The molecule has 0 aromatic rings. The molecule has 0 amide bonds. The third kappa shape index (κ3) is 2.78. The number of ether oxygens (including phenoxy) is 1. The van der Waals surface area contributed by atoms with Crippen molar-refractivity contribution in [3.8, 4) is 0 Å². The summed E-state index contributed by atoms with van der Waals surface area (Å²) in [6.07, 6.45) is 3.93. The fourth-order valence-electron chi connectivity index (χ4n) is 2.05. The molecule has 2 fully saturated rings. The molecule has 0 spiro atoms. The molecule has 2 heterocycles. The fraction of sp³-hybridized carbons (Fsp3) is 0.900. The third-order valence-electron chi connectivity index (χ3n) is 3.44. The highest BCUT2D eigenvalue weighted by atomic mass is 32.2. The molecule has 0 aliphatic carbocycles. The third-order valence-corrected chi connectivity index (χ3v) is 5.09. The van der Waals surface area contributed by atoms with Crippen LogP contribution in [-0.4, -0.2) is 38.9 Å². The van der Waals surface area contributed by atoms with Crippen LogP contribution in [0.5, 0.6) is 0 Å². The van der Waals surface area contributed by atoms with Crippen LogP contribution in [0.4, 0.5) is 0 Å². The Hall–Kier alpha value is -0.420. The molecule has 0 aromatic carbocycles. The lowest BCUT2D eigenvalue weighted by Crippen LogP contribution is -2.35. The Bertz CT molecular complexity index is 328. The Kier molecular flexibility index (Phi) is 2.85. The predicted molar refractivity (Wildman–Crippen MR) is 55.4 cm³/mol. The van der Waals surface area contributed by atoms with Gasteiger partial charge in [0.1, 0.15) is 16.1 Å². The normalized spacial score (nSPS) is 32.1. The predicted octanol–water partition coefficient (Wildman–Crippen LogP) is 0.559. The van der Waals surface area contributed by atoms with Crippen molar-refractivity contribution >= 4 is 16.1 Å². The molecule has 2 saturated heterocycles. The summed E-state index contributed by atoms with van der Waals surface area (Å²) in [7, 11) is -2.88. The van der Waals surface area contributed by atoms with Crippen LogP contribution in [0.25, 0.3) is 0 Å². The van der Waals surface area contributed by atoms with Crippen molar-refractivity contribution in [2.75, 3.05) is 18.1 Å². The van der Waals surface area contributed by atoms with E-state index in [0.29, 0.717) is 18.9 Å². The first kappa shape index (κ1) is 11.1. The number of sulfone groups is 1. The molecule has 0 radical (unpaired) electrons. The summed E-state index contributed by atoms with van der Waals surface area (Å²) in [5.74, 6) is 0.328. The fourth-order valence-corrected chi connectivity index (χ4v) is 3.69. The van der Waals surface area contributed by atoms with Crippen LogP contribution >= 0.6 is 0 Å².